The molecule has 4 nitrogen and oxygen atoms in total. The summed E-state index contributed by atoms with van der Waals surface area (Å²) < 4.78 is 15.9. The highest BCUT2D eigenvalue weighted by Crippen LogP contribution is 2.29. The Kier molecular flexibility index (Phi) is 5.18. The normalized spacial score (nSPS) is 18.9. The van der Waals surface area contributed by atoms with E-state index in [1.807, 2.05) is 24.3 Å². The van der Waals surface area contributed by atoms with Gasteiger partial charge >= 0.3 is 5.97 Å². The van der Waals surface area contributed by atoms with Gasteiger partial charge in [-0.2, -0.15) is 0 Å². The molecule has 20 heavy (non-hydrogen) atoms. The minimum Gasteiger partial charge on any atom is -0.497 e. The van der Waals surface area contributed by atoms with Gasteiger partial charge in [-0.3, -0.25) is 0 Å². The van der Waals surface area contributed by atoms with Gasteiger partial charge in [-0.05, 0) is 43.0 Å². The molecule has 2 rings (SSSR count). The molecule has 1 aromatic carbocycles. The summed E-state index contributed by atoms with van der Waals surface area (Å²) in [5.74, 6) is 0.463. The largest absolute Gasteiger partial charge is 0.497 e. The second-order valence-corrected chi connectivity index (χ2v) is 4.58. The van der Waals surface area contributed by atoms with Gasteiger partial charge in [0.15, 0.2) is 0 Å². The van der Waals surface area contributed by atoms with Crippen LogP contribution in [0.2, 0.25) is 0 Å². The van der Waals surface area contributed by atoms with Crippen LogP contribution in [0.5, 0.6) is 5.75 Å². The van der Waals surface area contributed by atoms with Gasteiger partial charge in [-0.15, -0.1) is 0 Å². The van der Waals surface area contributed by atoms with Crippen LogP contribution in [0.1, 0.15) is 25.3 Å². The summed E-state index contributed by atoms with van der Waals surface area (Å²) >= 11 is 0. The summed E-state index contributed by atoms with van der Waals surface area (Å²) in [6, 6.07) is 7.63. The van der Waals surface area contributed by atoms with E-state index in [4.69, 9.17) is 14.2 Å². The minimum absolute atomic E-state index is 0.0344. The van der Waals surface area contributed by atoms with Crippen molar-refractivity contribution in [2.24, 2.45) is 0 Å². The van der Waals surface area contributed by atoms with Gasteiger partial charge in [0, 0.05) is 12.7 Å². The second kappa shape index (κ2) is 7.10. The van der Waals surface area contributed by atoms with E-state index >= 15 is 0 Å². The number of esters is 1. The molecule has 1 unspecified atom stereocenters. The van der Waals surface area contributed by atoms with Crippen molar-refractivity contribution >= 4 is 11.5 Å². The van der Waals surface area contributed by atoms with E-state index in [9.17, 15) is 4.79 Å². The number of carbonyl (C=O) groups is 1. The average Bonchev–Trinajstić information content (AvgIpc) is 2.99. The Morgan fingerprint density at radius 1 is 1.40 bits per heavy atom. The van der Waals surface area contributed by atoms with Crippen molar-refractivity contribution < 1.29 is 19.0 Å². The molecule has 1 aromatic rings. The number of hydrogen-bond acceptors (Lipinski definition) is 4. The smallest absolute Gasteiger partial charge is 0.331 e. The van der Waals surface area contributed by atoms with Crippen molar-refractivity contribution in [2.45, 2.75) is 25.9 Å². The topological polar surface area (TPSA) is 44.8 Å². The lowest BCUT2D eigenvalue weighted by molar-refractivity contribution is -0.137. The van der Waals surface area contributed by atoms with E-state index in [0.29, 0.717) is 6.61 Å². The van der Waals surface area contributed by atoms with Crippen LogP contribution in [0.3, 0.4) is 0 Å². The van der Waals surface area contributed by atoms with Crippen molar-refractivity contribution in [3.8, 4) is 5.75 Å². The SMILES string of the molecule is CCOC(=O)/C=C(/c1ccc(OC)cc1)C1CCCO1. The summed E-state index contributed by atoms with van der Waals surface area (Å²) in [5.41, 5.74) is 1.84. The van der Waals surface area contributed by atoms with Crippen molar-refractivity contribution in [2.75, 3.05) is 20.3 Å². The van der Waals surface area contributed by atoms with Gasteiger partial charge in [-0.25, -0.2) is 4.79 Å². The zero-order chi connectivity index (χ0) is 14.4. The summed E-state index contributed by atoms with van der Waals surface area (Å²) in [4.78, 5) is 11.7. The first-order valence-corrected chi connectivity index (χ1v) is 6.89. The molecule has 0 aliphatic carbocycles. The molecule has 0 spiro atoms. The molecule has 1 heterocycles. The van der Waals surface area contributed by atoms with Gasteiger partial charge in [0.25, 0.3) is 0 Å². The predicted molar refractivity (Wildman–Crippen MR) is 76.6 cm³/mol. The number of rotatable bonds is 5. The highest BCUT2D eigenvalue weighted by molar-refractivity contribution is 5.92. The van der Waals surface area contributed by atoms with E-state index in [0.717, 1.165) is 36.3 Å². The van der Waals surface area contributed by atoms with Gasteiger partial charge in [0.1, 0.15) is 5.75 Å². The third-order valence-electron chi connectivity index (χ3n) is 3.26. The van der Waals surface area contributed by atoms with Crippen LogP contribution < -0.4 is 4.74 Å². The molecule has 0 amide bonds. The summed E-state index contributed by atoms with van der Waals surface area (Å²) in [7, 11) is 1.63. The fraction of sp³-hybridized carbons (Fsp3) is 0.438. The lowest BCUT2D eigenvalue weighted by Gasteiger charge is -2.15. The highest BCUT2D eigenvalue weighted by Gasteiger charge is 2.22. The Balaban J connectivity index is 2.26. The predicted octanol–water partition coefficient (Wildman–Crippen LogP) is 2.82. The molecule has 0 N–H and O–H groups in total. The first-order chi connectivity index (χ1) is 9.74. The first kappa shape index (κ1) is 14.6. The van der Waals surface area contributed by atoms with Crippen molar-refractivity contribution in [1.82, 2.24) is 0 Å². The molecule has 1 atom stereocenters. The quantitative estimate of drug-likeness (QED) is 0.613. The zero-order valence-electron chi connectivity index (χ0n) is 11.9. The van der Waals surface area contributed by atoms with E-state index in [-0.39, 0.29) is 12.1 Å². The summed E-state index contributed by atoms with van der Waals surface area (Å²) in [5, 5.41) is 0. The second-order valence-electron chi connectivity index (χ2n) is 4.58. The summed E-state index contributed by atoms with van der Waals surface area (Å²) in [6.45, 7) is 2.91. The maximum Gasteiger partial charge on any atom is 0.331 e. The Labute approximate surface area is 119 Å². The van der Waals surface area contributed by atoms with Crippen molar-refractivity contribution in [3.63, 3.8) is 0 Å². The van der Waals surface area contributed by atoms with E-state index in [1.54, 1.807) is 20.1 Å². The van der Waals surface area contributed by atoms with Crippen LogP contribution in [0.15, 0.2) is 30.3 Å². The van der Waals surface area contributed by atoms with Gasteiger partial charge in [-0.1, -0.05) is 12.1 Å². The third kappa shape index (κ3) is 3.61. The molecule has 1 saturated heterocycles. The molecule has 0 bridgehead atoms. The van der Waals surface area contributed by atoms with Crippen LogP contribution >= 0.6 is 0 Å². The Hall–Kier alpha value is -1.81. The van der Waals surface area contributed by atoms with Crippen LogP contribution in [-0.4, -0.2) is 32.4 Å². The number of ether oxygens (including phenoxy) is 3. The van der Waals surface area contributed by atoms with Gasteiger partial charge < -0.3 is 14.2 Å². The van der Waals surface area contributed by atoms with E-state index < -0.39 is 0 Å². The molecule has 0 saturated carbocycles. The van der Waals surface area contributed by atoms with Crippen LogP contribution in [0.4, 0.5) is 0 Å². The first-order valence-electron chi connectivity index (χ1n) is 6.89. The standard InChI is InChI=1S/C16H20O4/c1-3-19-16(17)11-14(15-5-4-10-20-15)12-6-8-13(18-2)9-7-12/h6-9,11,15H,3-5,10H2,1-2H3/b14-11-. The maximum atomic E-state index is 11.7. The lowest BCUT2D eigenvalue weighted by Crippen LogP contribution is -2.11. The van der Waals surface area contributed by atoms with Gasteiger partial charge in [0.2, 0.25) is 0 Å². The third-order valence-corrected chi connectivity index (χ3v) is 3.26. The Bertz CT molecular complexity index is 470. The highest BCUT2D eigenvalue weighted by atomic mass is 16.5. The molecular weight excluding hydrogens is 256 g/mol. The monoisotopic (exact) mass is 276 g/mol. The van der Waals surface area contributed by atoms with Crippen LogP contribution in [0.25, 0.3) is 5.57 Å². The molecule has 1 aliphatic rings. The molecular formula is C16H20O4. The van der Waals surface area contributed by atoms with Crippen molar-refractivity contribution in [3.05, 3.63) is 35.9 Å². The average molecular weight is 276 g/mol. The maximum absolute atomic E-state index is 11.7. The van der Waals surface area contributed by atoms with Gasteiger partial charge in [0.05, 0.1) is 19.8 Å². The van der Waals surface area contributed by atoms with Crippen molar-refractivity contribution in [1.29, 1.82) is 0 Å². The minimum atomic E-state index is -0.325. The number of hydrogen-bond donors (Lipinski definition) is 0. The molecule has 4 heteroatoms. The number of methoxy groups -OCH3 is 1. The fourth-order valence-corrected chi connectivity index (χ4v) is 2.28. The Morgan fingerprint density at radius 3 is 2.70 bits per heavy atom. The molecule has 0 radical (unpaired) electrons. The van der Waals surface area contributed by atoms with E-state index in [2.05, 4.69) is 0 Å². The van der Waals surface area contributed by atoms with Crippen LogP contribution in [0, 0.1) is 0 Å². The number of carbonyl (C=O) groups excluding carboxylic acids is 1. The zero-order valence-corrected chi connectivity index (χ0v) is 11.9. The van der Waals surface area contributed by atoms with Crippen LogP contribution in [-0.2, 0) is 14.3 Å². The lowest BCUT2D eigenvalue weighted by atomic mass is 9.98. The van der Waals surface area contributed by atoms with E-state index in [1.165, 1.54) is 0 Å². The summed E-state index contributed by atoms with van der Waals surface area (Å²) in [6.07, 6.45) is 3.45. The fourth-order valence-electron chi connectivity index (χ4n) is 2.28. The molecule has 0 aromatic heterocycles. The number of benzene rings is 1. The molecule has 1 fully saturated rings. The molecule has 108 valence electrons. The molecule has 1 aliphatic heterocycles. The Morgan fingerprint density at radius 2 is 2.15 bits per heavy atom.